The Hall–Kier alpha value is -1.96. The third-order valence-corrected chi connectivity index (χ3v) is 7.02. The van der Waals surface area contributed by atoms with Crippen LogP contribution in [0.4, 0.5) is 5.69 Å². The van der Waals surface area contributed by atoms with Crippen LogP contribution in [0.1, 0.15) is 57.9 Å². The van der Waals surface area contributed by atoms with Crippen LogP contribution in [0.2, 0.25) is 0 Å². The summed E-state index contributed by atoms with van der Waals surface area (Å²) in [6.45, 7) is 11.6. The first-order chi connectivity index (χ1) is 12.9. The van der Waals surface area contributed by atoms with Gasteiger partial charge in [0.2, 0.25) is 0 Å². The van der Waals surface area contributed by atoms with Gasteiger partial charge in [-0.25, -0.2) is 0 Å². The number of para-hydroxylation sites is 1. The standard InChI is InChI=1S/C25H29NO/c1-17-12-13-20-19-10-6-7-11-21(19)27-23(20)22(17)26-18(2)25(16-24(26,3)4)14-8-5-9-15-25/h6-7,10-13H,2,5,8-9,14-16H2,1,3-4H3. The summed E-state index contributed by atoms with van der Waals surface area (Å²) in [6.07, 6.45) is 7.78. The number of hydrogen-bond donors (Lipinski definition) is 0. The van der Waals surface area contributed by atoms with Crippen molar-refractivity contribution in [3.05, 3.63) is 54.9 Å². The highest BCUT2D eigenvalue weighted by molar-refractivity contribution is 6.09. The zero-order valence-electron chi connectivity index (χ0n) is 16.8. The quantitative estimate of drug-likeness (QED) is 0.457. The normalized spacial score (nSPS) is 22.3. The number of fused-ring (bicyclic) bond motifs is 3. The van der Waals surface area contributed by atoms with Crippen molar-refractivity contribution in [2.24, 2.45) is 5.41 Å². The van der Waals surface area contributed by atoms with E-state index in [1.54, 1.807) is 0 Å². The van der Waals surface area contributed by atoms with E-state index < -0.39 is 0 Å². The molecule has 27 heavy (non-hydrogen) atoms. The second-order valence-corrected chi connectivity index (χ2v) is 9.32. The molecule has 1 aromatic heterocycles. The monoisotopic (exact) mass is 359 g/mol. The minimum atomic E-state index is 0.0481. The van der Waals surface area contributed by atoms with E-state index in [1.807, 2.05) is 6.07 Å². The smallest absolute Gasteiger partial charge is 0.159 e. The van der Waals surface area contributed by atoms with Gasteiger partial charge in [-0.2, -0.15) is 0 Å². The third kappa shape index (κ3) is 2.38. The average molecular weight is 360 g/mol. The first kappa shape index (κ1) is 17.2. The molecule has 1 saturated carbocycles. The summed E-state index contributed by atoms with van der Waals surface area (Å²) >= 11 is 0. The maximum absolute atomic E-state index is 6.41. The number of hydrogen-bond acceptors (Lipinski definition) is 2. The van der Waals surface area contributed by atoms with Crippen molar-refractivity contribution in [2.75, 3.05) is 4.90 Å². The summed E-state index contributed by atoms with van der Waals surface area (Å²) in [6, 6.07) is 14.1. The lowest BCUT2D eigenvalue weighted by Gasteiger charge is -2.40. The highest BCUT2D eigenvalue weighted by atomic mass is 16.3. The van der Waals surface area contributed by atoms with Crippen LogP contribution in [-0.2, 0) is 0 Å². The van der Waals surface area contributed by atoms with E-state index >= 15 is 0 Å². The molecule has 1 spiro atoms. The Bertz CT molecular complexity index is 1010. The zero-order chi connectivity index (χ0) is 18.8. The maximum Gasteiger partial charge on any atom is 0.159 e. The predicted octanol–water partition coefficient (Wildman–Crippen LogP) is 7.20. The highest BCUT2D eigenvalue weighted by Gasteiger charge is 2.55. The Balaban J connectivity index is 1.73. The van der Waals surface area contributed by atoms with Crippen LogP contribution in [0.15, 0.2) is 40.8 Å². The molecule has 0 amide bonds. The van der Waals surface area contributed by atoms with E-state index in [-0.39, 0.29) is 11.0 Å². The summed E-state index contributed by atoms with van der Waals surface area (Å²) in [5.74, 6) is 0. The summed E-state index contributed by atoms with van der Waals surface area (Å²) in [4.78, 5) is 2.53. The molecule has 2 nitrogen and oxygen atoms in total. The Morgan fingerprint density at radius 3 is 2.48 bits per heavy atom. The van der Waals surface area contributed by atoms with Crippen LogP contribution in [0, 0.1) is 25.3 Å². The molecule has 3 aromatic rings. The first-order valence-electron chi connectivity index (χ1n) is 10.3. The van der Waals surface area contributed by atoms with Crippen molar-refractivity contribution in [3.63, 3.8) is 0 Å². The minimum Gasteiger partial charge on any atom is -0.454 e. The summed E-state index contributed by atoms with van der Waals surface area (Å²) in [5, 5.41) is 2.41. The lowest BCUT2D eigenvalue weighted by atomic mass is 9.68. The lowest BCUT2D eigenvalue weighted by Crippen LogP contribution is -2.40. The molecule has 2 heterocycles. The van der Waals surface area contributed by atoms with Crippen molar-refractivity contribution < 1.29 is 4.42 Å². The molecule has 2 aliphatic rings. The number of benzene rings is 2. The van der Waals surface area contributed by atoms with Gasteiger partial charge in [0.1, 0.15) is 5.58 Å². The number of furan rings is 1. The van der Waals surface area contributed by atoms with E-state index in [4.69, 9.17) is 4.42 Å². The van der Waals surface area contributed by atoms with E-state index in [2.05, 4.69) is 62.9 Å². The number of anilines is 1. The molecule has 2 radical (unpaired) electrons. The molecule has 0 bridgehead atoms. The van der Waals surface area contributed by atoms with Gasteiger partial charge in [0, 0.05) is 16.3 Å². The Labute approximate surface area is 162 Å². The van der Waals surface area contributed by atoms with Crippen LogP contribution < -0.4 is 4.90 Å². The number of aryl methyl sites for hydroxylation is 1. The summed E-state index contributed by atoms with van der Waals surface area (Å²) < 4.78 is 6.41. The van der Waals surface area contributed by atoms with Crippen LogP contribution in [-0.4, -0.2) is 5.54 Å². The fourth-order valence-electron chi connectivity index (χ4n) is 5.89. The van der Waals surface area contributed by atoms with E-state index in [9.17, 15) is 0 Å². The van der Waals surface area contributed by atoms with Crippen molar-refractivity contribution >= 4 is 27.6 Å². The number of nitrogens with zero attached hydrogens (tertiary/aromatic N) is 1. The Morgan fingerprint density at radius 2 is 1.70 bits per heavy atom. The second kappa shape index (κ2) is 5.77. The van der Waals surface area contributed by atoms with Gasteiger partial charge in [-0.1, -0.05) is 49.6 Å². The second-order valence-electron chi connectivity index (χ2n) is 9.32. The van der Waals surface area contributed by atoms with Crippen LogP contribution >= 0.6 is 0 Å². The maximum atomic E-state index is 6.41. The lowest BCUT2D eigenvalue weighted by molar-refractivity contribution is 0.212. The molecule has 2 heteroatoms. The topological polar surface area (TPSA) is 16.4 Å². The SMILES string of the molecule is [CH2][C]1N(c2c(C)ccc3c2oc2ccccc23)C(C)(C)CC12CCCCC2. The van der Waals surface area contributed by atoms with Gasteiger partial charge in [-0.05, 0) is 64.0 Å². The van der Waals surface area contributed by atoms with Gasteiger partial charge in [-0.15, -0.1) is 0 Å². The van der Waals surface area contributed by atoms with Crippen molar-refractivity contribution in [1.82, 2.24) is 0 Å². The van der Waals surface area contributed by atoms with E-state index in [0.717, 1.165) is 11.2 Å². The minimum absolute atomic E-state index is 0.0481. The molecule has 1 aliphatic carbocycles. The van der Waals surface area contributed by atoms with Crippen LogP contribution in [0.3, 0.4) is 0 Å². The Kier molecular flexibility index (Phi) is 3.67. The number of rotatable bonds is 1. The van der Waals surface area contributed by atoms with Crippen molar-refractivity contribution in [2.45, 2.75) is 64.8 Å². The van der Waals surface area contributed by atoms with Crippen LogP contribution in [0.5, 0.6) is 0 Å². The van der Waals surface area contributed by atoms with E-state index in [0.29, 0.717) is 0 Å². The average Bonchev–Trinajstić information content (AvgIpc) is 3.10. The molecule has 0 atom stereocenters. The molecule has 0 unspecified atom stereocenters. The molecule has 5 rings (SSSR count). The fraction of sp³-hybridized carbons (Fsp3) is 0.440. The first-order valence-corrected chi connectivity index (χ1v) is 10.3. The molecule has 2 aromatic carbocycles. The summed E-state index contributed by atoms with van der Waals surface area (Å²) in [5.41, 5.74) is 4.78. The molecule has 1 saturated heterocycles. The van der Waals surface area contributed by atoms with Gasteiger partial charge in [-0.3, -0.25) is 0 Å². The fourth-order valence-corrected chi connectivity index (χ4v) is 5.89. The molecule has 1 aliphatic heterocycles. The zero-order valence-corrected chi connectivity index (χ0v) is 16.8. The predicted molar refractivity (Wildman–Crippen MR) is 114 cm³/mol. The van der Waals surface area contributed by atoms with Crippen molar-refractivity contribution in [1.29, 1.82) is 0 Å². The summed E-state index contributed by atoms with van der Waals surface area (Å²) in [7, 11) is 0. The highest BCUT2D eigenvalue weighted by Crippen LogP contribution is 2.60. The molecule has 0 N–H and O–H groups in total. The largest absolute Gasteiger partial charge is 0.454 e. The van der Waals surface area contributed by atoms with Crippen molar-refractivity contribution in [3.8, 4) is 0 Å². The van der Waals surface area contributed by atoms with E-state index in [1.165, 1.54) is 66.6 Å². The molecule has 2 fully saturated rings. The molecular formula is C25H29NO. The van der Waals surface area contributed by atoms with Gasteiger partial charge in [0.25, 0.3) is 0 Å². The Morgan fingerprint density at radius 1 is 0.963 bits per heavy atom. The van der Waals surface area contributed by atoms with Gasteiger partial charge < -0.3 is 9.32 Å². The third-order valence-electron chi connectivity index (χ3n) is 7.02. The molecular weight excluding hydrogens is 330 g/mol. The van der Waals surface area contributed by atoms with Gasteiger partial charge in [0.05, 0.1) is 11.7 Å². The van der Waals surface area contributed by atoms with Gasteiger partial charge in [0.15, 0.2) is 5.58 Å². The van der Waals surface area contributed by atoms with Gasteiger partial charge >= 0.3 is 0 Å². The van der Waals surface area contributed by atoms with Crippen LogP contribution in [0.25, 0.3) is 21.9 Å². The molecule has 140 valence electrons.